The first-order valence-corrected chi connectivity index (χ1v) is 11.2. The predicted octanol–water partition coefficient (Wildman–Crippen LogP) is 2.47. The number of fused-ring (bicyclic) bond motifs is 1. The number of alkyl halides is 1. The van der Waals surface area contributed by atoms with Gasteiger partial charge in [0.25, 0.3) is 0 Å². The van der Waals surface area contributed by atoms with E-state index in [1.165, 1.54) is 0 Å². The fourth-order valence-electron chi connectivity index (χ4n) is 3.85. The molecule has 4 aromatic heterocycles. The summed E-state index contributed by atoms with van der Waals surface area (Å²) in [6, 6.07) is 3.48. The van der Waals surface area contributed by atoms with Crippen LogP contribution in [0.3, 0.4) is 0 Å². The van der Waals surface area contributed by atoms with Crippen LogP contribution in [0.4, 0.5) is 21.0 Å². The van der Waals surface area contributed by atoms with Gasteiger partial charge >= 0.3 is 6.09 Å². The van der Waals surface area contributed by atoms with Crippen molar-refractivity contribution in [1.82, 2.24) is 39.4 Å². The van der Waals surface area contributed by atoms with Crippen molar-refractivity contribution < 1.29 is 18.7 Å². The van der Waals surface area contributed by atoms with E-state index in [4.69, 9.17) is 9.47 Å². The normalized spacial score (nSPS) is 19.5. The summed E-state index contributed by atoms with van der Waals surface area (Å²) in [4.78, 5) is 24.9. The van der Waals surface area contributed by atoms with Gasteiger partial charge < -0.3 is 24.7 Å². The Bertz CT molecular complexity index is 1450. The molecule has 3 N–H and O–H groups in total. The lowest BCUT2D eigenvalue weighted by Crippen LogP contribution is -2.36. The van der Waals surface area contributed by atoms with Gasteiger partial charge in [0.1, 0.15) is 17.9 Å². The number of alkyl carbamates (subject to hydrolysis) is 1. The topological polar surface area (TPSA) is 160 Å². The molecular weight excluding hydrogens is 471 g/mol. The van der Waals surface area contributed by atoms with Gasteiger partial charge in [0.2, 0.25) is 5.95 Å². The maximum Gasteiger partial charge on any atom is 0.407 e. The minimum absolute atomic E-state index is 0.0809. The van der Waals surface area contributed by atoms with E-state index in [1.54, 1.807) is 47.6 Å². The molecule has 5 heterocycles. The molecule has 0 unspecified atom stereocenters. The van der Waals surface area contributed by atoms with E-state index in [9.17, 15) is 14.4 Å². The average molecular weight is 494 g/mol. The largest absolute Gasteiger partial charge is 0.441 e. The van der Waals surface area contributed by atoms with E-state index in [0.717, 1.165) is 5.69 Å². The summed E-state index contributed by atoms with van der Waals surface area (Å²) in [5, 5.41) is 21.9. The van der Waals surface area contributed by atoms with Crippen molar-refractivity contribution in [1.29, 1.82) is 5.26 Å². The molecule has 4 aromatic rings. The van der Waals surface area contributed by atoms with Gasteiger partial charge in [0, 0.05) is 18.3 Å². The van der Waals surface area contributed by atoms with E-state index in [1.807, 2.05) is 19.2 Å². The molecule has 36 heavy (non-hydrogen) atoms. The highest BCUT2D eigenvalue weighted by molar-refractivity contribution is 5.68. The molecule has 14 heteroatoms. The van der Waals surface area contributed by atoms with Crippen LogP contribution < -0.4 is 10.6 Å². The maximum atomic E-state index is 15.0. The molecule has 186 valence electrons. The van der Waals surface area contributed by atoms with Gasteiger partial charge in [-0.25, -0.2) is 24.1 Å². The Morgan fingerprint density at radius 3 is 2.94 bits per heavy atom. The fourth-order valence-corrected chi connectivity index (χ4v) is 3.85. The van der Waals surface area contributed by atoms with Crippen molar-refractivity contribution in [3.8, 4) is 11.8 Å². The predicted molar refractivity (Wildman–Crippen MR) is 124 cm³/mol. The second-order valence-corrected chi connectivity index (χ2v) is 8.60. The van der Waals surface area contributed by atoms with Crippen molar-refractivity contribution >= 4 is 23.5 Å². The van der Waals surface area contributed by atoms with Crippen LogP contribution in [0.2, 0.25) is 0 Å². The van der Waals surface area contributed by atoms with Gasteiger partial charge in [-0.2, -0.15) is 10.4 Å². The number of aromatic amines is 1. The molecule has 13 nitrogen and oxygen atoms in total. The van der Waals surface area contributed by atoms with Crippen LogP contribution in [0.25, 0.3) is 11.3 Å². The molecule has 1 saturated heterocycles. The number of aryl methyl sites for hydroxylation is 1. The van der Waals surface area contributed by atoms with Crippen LogP contribution >= 0.6 is 0 Å². The molecule has 1 fully saturated rings. The first-order chi connectivity index (χ1) is 17.3. The number of hydrogen-bond acceptors (Lipinski definition) is 9. The van der Waals surface area contributed by atoms with Crippen LogP contribution in [0.15, 0.2) is 31.0 Å². The van der Waals surface area contributed by atoms with Crippen molar-refractivity contribution in [3.05, 3.63) is 48.1 Å². The van der Waals surface area contributed by atoms with Gasteiger partial charge in [0.05, 0.1) is 36.7 Å². The van der Waals surface area contributed by atoms with Crippen LogP contribution in [0.5, 0.6) is 0 Å². The number of rotatable bonds is 6. The molecule has 1 amide bonds. The van der Waals surface area contributed by atoms with Gasteiger partial charge in [-0.15, -0.1) is 0 Å². The zero-order valence-electron chi connectivity index (χ0n) is 19.6. The Labute approximate surface area is 204 Å². The van der Waals surface area contributed by atoms with Crippen LogP contribution in [-0.4, -0.2) is 65.1 Å². The van der Waals surface area contributed by atoms with E-state index in [-0.39, 0.29) is 18.3 Å². The molecule has 3 atom stereocenters. The molecule has 5 rings (SSSR count). The summed E-state index contributed by atoms with van der Waals surface area (Å²) < 4.78 is 29.0. The quantitative estimate of drug-likeness (QED) is 0.366. The highest BCUT2D eigenvalue weighted by atomic mass is 19.1. The number of imidazole rings is 2. The molecule has 0 spiro atoms. The van der Waals surface area contributed by atoms with Gasteiger partial charge in [0.15, 0.2) is 29.4 Å². The van der Waals surface area contributed by atoms with Gasteiger partial charge in [-0.1, -0.05) is 0 Å². The molecule has 1 aliphatic rings. The van der Waals surface area contributed by atoms with Gasteiger partial charge in [-0.3, -0.25) is 9.50 Å². The monoisotopic (exact) mass is 494 g/mol. The highest BCUT2D eigenvalue weighted by Crippen LogP contribution is 2.33. The Kier molecular flexibility index (Phi) is 5.98. The molecule has 0 saturated carbocycles. The second kappa shape index (κ2) is 9.27. The summed E-state index contributed by atoms with van der Waals surface area (Å²) in [5.74, 6) is 0.684. The van der Waals surface area contributed by atoms with Crippen molar-refractivity contribution in [3.63, 3.8) is 0 Å². The molecule has 1 aliphatic heterocycles. The van der Waals surface area contributed by atoms with Crippen LogP contribution in [-0.2, 0) is 9.47 Å². The molecule has 0 aliphatic carbocycles. The minimum Gasteiger partial charge on any atom is -0.441 e. The Balaban J connectivity index is 1.35. The van der Waals surface area contributed by atoms with Crippen LogP contribution in [0.1, 0.15) is 37.0 Å². The third-order valence-corrected chi connectivity index (χ3v) is 5.47. The number of carbonyl (C=O) groups excluding carboxylic acids is 1. The lowest BCUT2D eigenvalue weighted by Gasteiger charge is -2.16. The first kappa shape index (κ1) is 23.2. The zero-order chi connectivity index (χ0) is 25.4. The number of H-pyrrole nitrogens is 1. The number of aromatic nitrogens is 7. The number of carbonyl (C=O) groups is 1. The third kappa shape index (κ3) is 4.43. The molecule has 0 radical (unpaired) electrons. The Morgan fingerprint density at radius 1 is 1.39 bits per heavy atom. The molecule has 0 aromatic carbocycles. The fraction of sp³-hybridized carbons (Fsp3) is 0.364. The highest BCUT2D eigenvalue weighted by Gasteiger charge is 2.42. The summed E-state index contributed by atoms with van der Waals surface area (Å²) in [6.45, 7) is 5.34. The van der Waals surface area contributed by atoms with Crippen molar-refractivity contribution in [2.75, 3.05) is 11.9 Å². The number of amides is 1. The summed E-state index contributed by atoms with van der Waals surface area (Å²) in [5.41, 5.74) is 2.52. The number of halogens is 1. The lowest BCUT2D eigenvalue weighted by molar-refractivity contribution is 0.0615. The van der Waals surface area contributed by atoms with Crippen molar-refractivity contribution in [2.24, 2.45) is 0 Å². The lowest BCUT2D eigenvalue weighted by atomic mass is 10.1. The van der Waals surface area contributed by atoms with E-state index < -0.39 is 24.5 Å². The number of anilines is 2. The smallest absolute Gasteiger partial charge is 0.407 e. The average Bonchev–Trinajstić information content (AvgIpc) is 3.62. The first-order valence-electron chi connectivity index (χ1n) is 11.2. The Hall–Kier alpha value is -4.51. The van der Waals surface area contributed by atoms with Gasteiger partial charge in [-0.05, 0) is 20.8 Å². The SMILES string of the molecule is Cc1cn(-c2cnc(Nc3cc([C@@H]4OC[C@H](OC(=O)NC(C)C)[C@H]4F)[nH]n3)n3cc(C#N)nc23)cn1. The van der Waals surface area contributed by atoms with Crippen molar-refractivity contribution in [2.45, 2.75) is 45.2 Å². The van der Waals surface area contributed by atoms with E-state index in [2.05, 4.69) is 35.8 Å². The maximum absolute atomic E-state index is 15.0. The van der Waals surface area contributed by atoms with E-state index in [0.29, 0.717) is 28.8 Å². The summed E-state index contributed by atoms with van der Waals surface area (Å²) >= 11 is 0. The Morgan fingerprint density at radius 2 is 2.22 bits per heavy atom. The number of hydrogen-bond donors (Lipinski definition) is 3. The molecule has 0 bridgehead atoms. The number of ether oxygens (including phenoxy) is 2. The number of nitrogens with one attached hydrogen (secondary N) is 3. The number of nitrogens with zero attached hydrogens (tertiary/aromatic N) is 7. The zero-order valence-corrected chi connectivity index (χ0v) is 19.6. The second-order valence-electron chi connectivity index (χ2n) is 8.60. The molecular formula is C22H23FN10O3. The minimum atomic E-state index is -1.58. The van der Waals surface area contributed by atoms with E-state index >= 15 is 0 Å². The standard InChI is InChI=1S/C22H23FN10O3/c1-11(2)27-22(34)36-16-9-35-19(18(16)23)14-4-17(31-30-14)29-21-25-6-15(32-7-12(3)26-10-32)20-28-13(5-24)8-33(20)21/h4,6-8,10-11,16,18-19H,9H2,1-3H3,(H,27,34)(H2,25,29,30,31)/t16-,18+,19-/m0/s1. The summed E-state index contributed by atoms with van der Waals surface area (Å²) in [7, 11) is 0. The number of nitriles is 1. The third-order valence-electron chi connectivity index (χ3n) is 5.47. The summed E-state index contributed by atoms with van der Waals surface area (Å²) in [6.07, 6.45) is 2.31. The van der Waals surface area contributed by atoms with Crippen LogP contribution in [0, 0.1) is 18.3 Å².